The van der Waals surface area contributed by atoms with Crippen molar-refractivity contribution in [3.8, 4) is 0 Å². The number of ether oxygens (including phenoxy) is 1. The lowest BCUT2D eigenvalue weighted by Crippen LogP contribution is -2.28. The third-order valence-electron chi connectivity index (χ3n) is 2.34. The molecule has 1 fully saturated rings. The molecule has 7 heteroatoms. The van der Waals surface area contributed by atoms with Crippen molar-refractivity contribution in [1.82, 2.24) is 14.5 Å². The first-order valence-corrected chi connectivity index (χ1v) is 4.67. The van der Waals surface area contributed by atoms with E-state index in [2.05, 4.69) is 9.97 Å². The number of aliphatic hydroxyl groups is 1. The quantitative estimate of drug-likeness (QED) is 0.644. The van der Waals surface area contributed by atoms with Crippen LogP contribution in [0.2, 0.25) is 0 Å². The highest BCUT2D eigenvalue weighted by Gasteiger charge is 2.26. The van der Waals surface area contributed by atoms with E-state index in [1.54, 1.807) is 0 Å². The highest BCUT2D eigenvalue weighted by molar-refractivity contribution is 5.09. The Morgan fingerprint density at radius 3 is 3.07 bits per heavy atom. The lowest BCUT2D eigenvalue weighted by atomic mass is 10.2. The van der Waals surface area contributed by atoms with Crippen molar-refractivity contribution in [1.29, 1.82) is 0 Å². The maximum atomic E-state index is 11.4. The van der Waals surface area contributed by atoms with Crippen LogP contribution in [0.3, 0.4) is 0 Å². The van der Waals surface area contributed by atoms with Crippen LogP contribution in [0.25, 0.3) is 0 Å². The first-order valence-electron chi connectivity index (χ1n) is 4.67. The van der Waals surface area contributed by atoms with E-state index in [1.807, 2.05) is 0 Å². The highest BCUT2D eigenvalue weighted by Crippen LogP contribution is 2.26. The van der Waals surface area contributed by atoms with Gasteiger partial charge in [-0.1, -0.05) is 0 Å². The molecule has 15 heavy (non-hydrogen) atoms. The van der Waals surface area contributed by atoms with Gasteiger partial charge in [0.2, 0.25) is 5.95 Å². The van der Waals surface area contributed by atoms with Gasteiger partial charge >= 0.3 is 5.69 Å². The molecule has 1 aromatic rings. The second-order valence-corrected chi connectivity index (χ2v) is 3.38. The molecule has 0 radical (unpaired) electrons. The second kappa shape index (κ2) is 3.95. The Morgan fingerprint density at radius 2 is 2.47 bits per heavy atom. The van der Waals surface area contributed by atoms with Crippen LogP contribution in [0, 0.1) is 0 Å². The summed E-state index contributed by atoms with van der Waals surface area (Å²) in [6.45, 7) is -0.0406. The minimum Gasteiger partial charge on any atom is -0.394 e. The number of rotatable bonds is 2. The highest BCUT2D eigenvalue weighted by atomic mass is 16.5. The van der Waals surface area contributed by atoms with Gasteiger partial charge in [0.15, 0.2) is 0 Å². The van der Waals surface area contributed by atoms with Gasteiger partial charge < -0.3 is 15.6 Å². The molecule has 2 heterocycles. The van der Waals surface area contributed by atoms with Crippen molar-refractivity contribution in [2.24, 2.45) is 0 Å². The van der Waals surface area contributed by atoms with Crippen LogP contribution in [-0.4, -0.2) is 32.4 Å². The molecule has 1 saturated heterocycles. The van der Waals surface area contributed by atoms with Gasteiger partial charge in [-0.15, -0.1) is 0 Å². The summed E-state index contributed by atoms with van der Waals surface area (Å²) in [5.41, 5.74) is 4.78. The lowest BCUT2D eigenvalue weighted by molar-refractivity contribution is -0.0250. The predicted octanol–water partition coefficient (Wildman–Crippen LogP) is -1.11. The van der Waals surface area contributed by atoms with Gasteiger partial charge in [0.05, 0.1) is 12.7 Å². The van der Waals surface area contributed by atoms with Crippen LogP contribution < -0.4 is 11.4 Å². The van der Waals surface area contributed by atoms with E-state index < -0.39 is 11.9 Å². The van der Waals surface area contributed by atoms with E-state index in [-0.39, 0.29) is 18.7 Å². The molecule has 1 aliphatic heterocycles. The summed E-state index contributed by atoms with van der Waals surface area (Å²) in [6.07, 6.45) is 2.10. The van der Waals surface area contributed by atoms with E-state index >= 15 is 0 Å². The first-order chi connectivity index (χ1) is 7.20. The van der Waals surface area contributed by atoms with Crippen LogP contribution in [0.5, 0.6) is 0 Å². The van der Waals surface area contributed by atoms with E-state index in [0.717, 1.165) is 6.42 Å². The van der Waals surface area contributed by atoms with Crippen molar-refractivity contribution >= 4 is 5.95 Å². The number of nitrogens with zero attached hydrogens (tertiary/aromatic N) is 3. The van der Waals surface area contributed by atoms with E-state index in [1.165, 1.54) is 10.9 Å². The van der Waals surface area contributed by atoms with Crippen molar-refractivity contribution < 1.29 is 9.84 Å². The molecule has 3 N–H and O–H groups in total. The summed E-state index contributed by atoms with van der Waals surface area (Å²) in [5, 5.41) is 8.88. The molecule has 1 aliphatic rings. The molecule has 0 aliphatic carbocycles. The Hall–Kier alpha value is -1.47. The maximum absolute atomic E-state index is 11.4. The first kappa shape index (κ1) is 10.1. The van der Waals surface area contributed by atoms with Crippen molar-refractivity contribution in [2.45, 2.75) is 25.2 Å². The number of aromatic nitrogens is 3. The topological polar surface area (TPSA) is 103 Å². The fraction of sp³-hybridized carbons (Fsp3) is 0.625. The Kier molecular flexibility index (Phi) is 2.65. The zero-order valence-corrected chi connectivity index (χ0v) is 8.04. The molecule has 0 saturated carbocycles. The van der Waals surface area contributed by atoms with Crippen LogP contribution in [0.4, 0.5) is 5.95 Å². The van der Waals surface area contributed by atoms with Gasteiger partial charge in [-0.05, 0) is 12.8 Å². The minimum absolute atomic E-state index is 0.0406. The van der Waals surface area contributed by atoms with Crippen LogP contribution in [-0.2, 0) is 4.74 Å². The predicted molar refractivity (Wildman–Crippen MR) is 50.9 cm³/mol. The molecule has 1 aromatic heterocycles. The number of nitrogens with two attached hydrogens (primary N) is 1. The van der Waals surface area contributed by atoms with Crippen LogP contribution in [0.15, 0.2) is 11.1 Å². The van der Waals surface area contributed by atoms with Crippen molar-refractivity contribution in [3.05, 3.63) is 16.8 Å². The molecule has 7 nitrogen and oxygen atoms in total. The summed E-state index contributed by atoms with van der Waals surface area (Å²) in [6, 6.07) is 0. The summed E-state index contributed by atoms with van der Waals surface area (Å²) in [4.78, 5) is 18.6. The van der Waals surface area contributed by atoms with Gasteiger partial charge in [-0.3, -0.25) is 4.57 Å². The van der Waals surface area contributed by atoms with Gasteiger partial charge in [0, 0.05) is 0 Å². The van der Waals surface area contributed by atoms with Crippen molar-refractivity contribution in [2.75, 3.05) is 12.3 Å². The van der Waals surface area contributed by atoms with Crippen LogP contribution >= 0.6 is 0 Å². The van der Waals surface area contributed by atoms with Gasteiger partial charge in [-0.2, -0.15) is 4.98 Å². The molecule has 1 unspecified atom stereocenters. The zero-order valence-electron chi connectivity index (χ0n) is 8.04. The molecule has 2 atom stereocenters. The summed E-state index contributed by atoms with van der Waals surface area (Å²) >= 11 is 0. The Morgan fingerprint density at radius 1 is 1.67 bits per heavy atom. The smallest absolute Gasteiger partial charge is 0.354 e. The monoisotopic (exact) mass is 212 g/mol. The van der Waals surface area contributed by atoms with Gasteiger partial charge in [0.25, 0.3) is 0 Å². The molecule has 0 spiro atoms. The molecule has 82 valence electrons. The maximum Gasteiger partial charge on any atom is 0.354 e. The Labute approximate surface area is 85.5 Å². The minimum atomic E-state index is -0.480. The van der Waals surface area contributed by atoms with E-state index in [9.17, 15) is 4.79 Å². The fourth-order valence-electron chi connectivity index (χ4n) is 1.58. The SMILES string of the molecule is Nc1ncn([C@H]2CCC(CO)O2)c(=O)n1. The largest absolute Gasteiger partial charge is 0.394 e. The molecule has 0 bridgehead atoms. The molecule has 2 rings (SSSR count). The summed E-state index contributed by atoms with van der Waals surface area (Å²) in [7, 11) is 0. The molecular weight excluding hydrogens is 200 g/mol. The third kappa shape index (κ3) is 1.97. The number of hydrogen-bond acceptors (Lipinski definition) is 6. The number of hydrogen-bond donors (Lipinski definition) is 2. The number of anilines is 1. The lowest BCUT2D eigenvalue weighted by Gasteiger charge is -2.13. The van der Waals surface area contributed by atoms with E-state index in [4.69, 9.17) is 15.6 Å². The Bertz CT molecular complexity index is 405. The van der Waals surface area contributed by atoms with E-state index in [0.29, 0.717) is 6.42 Å². The molecular formula is C8H12N4O3. The van der Waals surface area contributed by atoms with Crippen LogP contribution in [0.1, 0.15) is 19.1 Å². The molecule has 0 aromatic carbocycles. The fourth-order valence-corrected chi connectivity index (χ4v) is 1.58. The van der Waals surface area contributed by atoms with Crippen molar-refractivity contribution in [3.63, 3.8) is 0 Å². The normalized spacial score (nSPS) is 25.7. The average molecular weight is 212 g/mol. The second-order valence-electron chi connectivity index (χ2n) is 3.38. The third-order valence-corrected chi connectivity index (χ3v) is 2.34. The average Bonchev–Trinajstić information content (AvgIpc) is 2.66. The standard InChI is InChI=1S/C8H12N4O3/c9-7-10-4-12(8(14)11-7)6-2-1-5(3-13)15-6/h4-6,13H,1-3H2,(H2,9,11,14)/t5?,6-/m1/s1. The van der Waals surface area contributed by atoms with Gasteiger partial charge in [0.1, 0.15) is 12.6 Å². The molecule has 0 amide bonds. The zero-order chi connectivity index (χ0) is 10.8. The summed E-state index contributed by atoms with van der Waals surface area (Å²) in [5.74, 6) is -0.0482. The van der Waals surface area contributed by atoms with Gasteiger partial charge in [-0.25, -0.2) is 9.78 Å². The summed E-state index contributed by atoms with van der Waals surface area (Å²) < 4.78 is 6.69. The number of nitrogen functional groups attached to an aromatic ring is 1. The Balaban J connectivity index is 2.20. The number of aliphatic hydroxyl groups excluding tert-OH is 1.